The highest BCUT2D eigenvalue weighted by Gasteiger charge is 2.29. The number of carbonyl (C=O) groups excluding carboxylic acids is 1. The molecule has 0 spiro atoms. The summed E-state index contributed by atoms with van der Waals surface area (Å²) in [5.41, 5.74) is 2.27. The largest absolute Gasteiger partial charge is 0.445 e. The van der Waals surface area contributed by atoms with E-state index in [0.29, 0.717) is 6.61 Å². The standard InChI is InChI=1S/C19H20BrNO2/c20-17-10-8-15(9-11-17)13-18-7-4-12-21(18)19(22)23-14-16-5-2-1-3-6-16/h1-3,5-6,8-11,18H,4,7,12-14H2. The third-order valence-electron chi connectivity index (χ3n) is 4.20. The molecule has 1 atom stereocenters. The lowest BCUT2D eigenvalue weighted by Gasteiger charge is -2.24. The van der Waals surface area contributed by atoms with Crippen molar-refractivity contribution in [1.82, 2.24) is 4.90 Å². The number of likely N-dealkylation sites (tertiary alicyclic amines) is 1. The lowest BCUT2D eigenvalue weighted by Crippen LogP contribution is -2.37. The van der Waals surface area contributed by atoms with Crippen molar-refractivity contribution < 1.29 is 9.53 Å². The maximum absolute atomic E-state index is 12.4. The monoisotopic (exact) mass is 373 g/mol. The number of nitrogens with zero attached hydrogens (tertiary/aromatic N) is 1. The lowest BCUT2D eigenvalue weighted by atomic mass is 10.0. The second-order valence-corrected chi connectivity index (χ2v) is 6.78. The minimum atomic E-state index is -0.200. The predicted molar refractivity (Wildman–Crippen MR) is 94.2 cm³/mol. The number of carbonyl (C=O) groups is 1. The molecular weight excluding hydrogens is 354 g/mol. The van der Waals surface area contributed by atoms with Gasteiger partial charge < -0.3 is 9.64 Å². The highest BCUT2D eigenvalue weighted by Crippen LogP contribution is 2.23. The first-order chi connectivity index (χ1) is 11.2. The van der Waals surface area contributed by atoms with Crippen LogP contribution >= 0.6 is 15.9 Å². The Morgan fingerprint density at radius 2 is 1.83 bits per heavy atom. The van der Waals surface area contributed by atoms with Crippen molar-refractivity contribution in [3.63, 3.8) is 0 Å². The molecule has 0 aromatic heterocycles. The molecule has 1 heterocycles. The normalized spacial score (nSPS) is 17.3. The predicted octanol–water partition coefficient (Wildman–Crippen LogP) is 4.79. The molecule has 2 aromatic rings. The molecule has 1 aliphatic rings. The summed E-state index contributed by atoms with van der Waals surface area (Å²) >= 11 is 3.45. The Hall–Kier alpha value is -1.81. The SMILES string of the molecule is O=C(OCc1ccccc1)N1CCCC1Cc1ccc(Br)cc1. The van der Waals surface area contributed by atoms with Crippen LogP contribution in [0, 0.1) is 0 Å². The summed E-state index contributed by atoms with van der Waals surface area (Å²) in [6.45, 7) is 1.12. The third kappa shape index (κ3) is 4.35. The van der Waals surface area contributed by atoms with Crippen LogP contribution in [0.5, 0.6) is 0 Å². The van der Waals surface area contributed by atoms with Crippen molar-refractivity contribution in [3.8, 4) is 0 Å². The van der Waals surface area contributed by atoms with Gasteiger partial charge in [-0.15, -0.1) is 0 Å². The Kier molecular flexibility index (Phi) is 5.34. The van der Waals surface area contributed by atoms with E-state index < -0.39 is 0 Å². The van der Waals surface area contributed by atoms with Crippen molar-refractivity contribution in [2.45, 2.75) is 31.9 Å². The fourth-order valence-corrected chi connectivity index (χ4v) is 3.25. The molecule has 1 fully saturated rings. The van der Waals surface area contributed by atoms with E-state index in [-0.39, 0.29) is 12.1 Å². The second-order valence-electron chi connectivity index (χ2n) is 5.86. The molecule has 0 N–H and O–H groups in total. The van der Waals surface area contributed by atoms with Crippen molar-refractivity contribution in [2.24, 2.45) is 0 Å². The first-order valence-electron chi connectivity index (χ1n) is 7.94. The number of amides is 1. The highest BCUT2D eigenvalue weighted by atomic mass is 79.9. The zero-order valence-corrected chi connectivity index (χ0v) is 14.5. The molecule has 1 amide bonds. The van der Waals surface area contributed by atoms with Gasteiger partial charge in [0.1, 0.15) is 6.61 Å². The van der Waals surface area contributed by atoms with E-state index in [1.165, 1.54) is 5.56 Å². The summed E-state index contributed by atoms with van der Waals surface area (Å²) in [5, 5.41) is 0. The Bertz CT molecular complexity index is 642. The van der Waals surface area contributed by atoms with Gasteiger partial charge >= 0.3 is 6.09 Å². The maximum Gasteiger partial charge on any atom is 0.410 e. The van der Waals surface area contributed by atoms with Gasteiger partial charge in [-0.05, 0) is 42.5 Å². The molecule has 0 saturated carbocycles. The molecule has 23 heavy (non-hydrogen) atoms. The topological polar surface area (TPSA) is 29.5 Å². The van der Waals surface area contributed by atoms with Crippen molar-refractivity contribution in [3.05, 3.63) is 70.2 Å². The molecule has 1 unspecified atom stereocenters. The van der Waals surface area contributed by atoms with E-state index in [0.717, 1.165) is 35.8 Å². The van der Waals surface area contributed by atoms with E-state index in [1.807, 2.05) is 47.4 Å². The van der Waals surface area contributed by atoms with Crippen LogP contribution in [0.25, 0.3) is 0 Å². The van der Waals surface area contributed by atoms with Gasteiger partial charge in [0.05, 0.1) is 0 Å². The van der Waals surface area contributed by atoms with Crippen LogP contribution in [0.2, 0.25) is 0 Å². The number of rotatable bonds is 4. The van der Waals surface area contributed by atoms with Crippen molar-refractivity contribution >= 4 is 22.0 Å². The summed E-state index contributed by atoms with van der Waals surface area (Å²) in [6, 6.07) is 18.3. The first-order valence-corrected chi connectivity index (χ1v) is 8.73. The Labute approximate surface area is 145 Å². The van der Waals surface area contributed by atoms with Crippen LogP contribution in [0.1, 0.15) is 24.0 Å². The summed E-state index contributed by atoms with van der Waals surface area (Å²) in [6.07, 6.45) is 2.76. The summed E-state index contributed by atoms with van der Waals surface area (Å²) in [7, 11) is 0. The van der Waals surface area contributed by atoms with E-state index in [9.17, 15) is 4.79 Å². The van der Waals surface area contributed by atoms with Gasteiger partial charge in [-0.1, -0.05) is 58.4 Å². The fraction of sp³-hybridized carbons (Fsp3) is 0.316. The number of hydrogen-bond acceptors (Lipinski definition) is 2. The minimum Gasteiger partial charge on any atom is -0.445 e. The number of hydrogen-bond donors (Lipinski definition) is 0. The third-order valence-corrected chi connectivity index (χ3v) is 4.73. The average molecular weight is 374 g/mol. The smallest absolute Gasteiger partial charge is 0.410 e. The molecule has 120 valence electrons. The second kappa shape index (κ2) is 7.64. The van der Waals surface area contributed by atoms with Crippen LogP contribution in [0.3, 0.4) is 0 Å². The first kappa shape index (κ1) is 16.1. The molecule has 1 aliphatic heterocycles. The van der Waals surface area contributed by atoms with Crippen LogP contribution in [0.4, 0.5) is 4.79 Å². The van der Waals surface area contributed by atoms with Crippen LogP contribution in [0.15, 0.2) is 59.1 Å². The van der Waals surface area contributed by atoms with Gasteiger partial charge in [-0.2, -0.15) is 0 Å². The quantitative estimate of drug-likeness (QED) is 0.770. The van der Waals surface area contributed by atoms with Gasteiger partial charge in [-0.3, -0.25) is 0 Å². The highest BCUT2D eigenvalue weighted by molar-refractivity contribution is 9.10. The van der Waals surface area contributed by atoms with Crippen molar-refractivity contribution in [1.29, 1.82) is 0 Å². The molecule has 1 saturated heterocycles. The van der Waals surface area contributed by atoms with E-state index in [4.69, 9.17) is 4.74 Å². The molecule has 3 nitrogen and oxygen atoms in total. The zero-order valence-electron chi connectivity index (χ0n) is 13.0. The van der Waals surface area contributed by atoms with Crippen LogP contribution in [-0.4, -0.2) is 23.6 Å². The Morgan fingerprint density at radius 3 is 2.57 bits per heavy atom. The molecule has 4 heteroatoms. The molecule has 0 radical (unpaired) electrons. The maximum atomic E-state index is 12.4. The van der Waals surface area contributed by atoms with E-state index in [2.05, 4.69) is 28.1 Å². The minimum absolute atomic E-state index is 0.200. The number of ether oxygens (including phenoxy) is 1. The van der Waals surface area contributed by atoms with Crippen LogP contribution < -0.4 is 0 Å². The van der Waals surface area contributed by atoms with E-state index >= 15 is 0 Å². The summed E-state index contributed by atoms with van der Waals surface area (Å²) in [4.78, 5) is 14.2. The molecule has 3 rings (SSSR count). The molecule has 2 aromatic carbocycles. The van der Waals surface area contributed by atoms with Gasteiger partial charge in [0.2, 0.25) is 0 Å². The van der Waals surface area contributed by atoms with Gasteiger partial charge in [0.25, 0.3) is 0 Å². The molecular formula is C19H20BrNO2. The van der Waals surface area contributed by atoms with Gasteiger partial charge in [0, 0.05) is 17.1 Å². The summed E-state index contributed by atoms with van der Waals surface area (Å²) < 4.78 is 6.55. The Balaban J connectivity index is 1.57. The Morgan fingerprint density at radius 1 is 1.09 bits per heavy atom. The van der Waals surface area contributed by atoms with Crippen molar-refractivity contribution in [2.75, 3.05) is 6.54 Å². The lowest BCUT2D eigenvalue weighted by molar-refractivity contribution is 0.0921. The average Bonchev–Trinajstić information content (AvgIpc) is 3.04. The molecule has 0 aliphatic carbocycles. The van der Waals surface area contributed by atoms with Gasteiger partial charge in [-0.25, -0.2) is 4.79 Å². The van der Waals surface area contributed by atoms with E-state index in [1.54, 1.807) is 0 Å². The molecule has 0 bridgehead atoms. The van der Waals surface area contributed by atoms with Gasteiger partial charge in [0.15, 0.2) is 0 Å². The summed E-state index contributed by atoms with van der Waals surface area (Å²) in [5.74, 6) is 0. The number of halogens is 1. The fourth-order valence-electron chi connectivity index (χ4n) is 2.98. The zero-order chi connectivity index (χ0) is 16.1. The van der Waals surface area contributed by atoms with Crippen LogP contribution in [-0.2, 0) is 17.8 Å². The number of benzene rings is 2.